The Hall–Kier alpha value is -2.45. The highest BCUT2D eigenvalue weighted by Crippen LogP contribution is 2.34. The molecule has 2 nitrogen and oxygen atoms in total. The molecule has 2 heterocycles. The van der Waals surface area contributed by atoms with Crippen LogP contribution in [0.5, 0.6) is 0 Å². The van der Waals surface area contributed by atoms with Crippen LogP contribution in [-0.4, -0.2) is 9.61 Å². The topological polar surface area (TPSA) is 17.3 Å². The van der Waals surface area contributed by atoms with Crippen LogP contribution in [0.1, 0.15) is 11.3 Å². The lowest BCUT2D eigenvalue weighted by molar-refractivity contribution is -0.142. The molecular weight excluding hydrogens is 313 g/mol. The number of rotatable bonds is 1. The summed E-state index contributed by atoms with van der Waals surface area (Å²) in [5, 5.41) is 4.25. The van der Waals surface area contributed by atoms with Gasteiger partial charge in [0.05, 0.1) is 17.3 Å². The van der Waals surface area contributed by atoms with E-state index in [-0.39, 0.29) is 5.52 Å². The molecule has 0 aliphatic carbocycles. The standard InChI is InChI=1S/C16H8ClF3N2/c1-2-10-9-21-22-14(10)7-12(8-15(22)16(18,19)20)11-3-5-13(17)6-4-11/h1,3-9H. The molecule has 110 valence electrons. The van der Waals surface area contributed by atoms with E-state index >= 15 is 0 Å². The average molecular weight is 321 g/mol. The van der Waals surface area contributed by atoms with Crippen molar-refractivity contribution >= 4 is 17.1 Å². The van der Waals surface area contributed by atoms with E-state index in [2.05, 4.69) is 11.0 Å². The lowest BCUT2D eigenvalue weighted by Gasteiger charge is -2.12. The summed E-state index contributed by atoms with van der Waals surface area (Å²) in [5.41, 5.74) is 0.676. The van der Waals surface area contributed by atoms with Gasteiger partial charge in [0.25, 0.3) is 0 Å². The molecule has 3 rings (SSSR count). The van der Waals surface area contributed by atoms with Gasteiger partial charge in [-0.25, -0.2) is 4.52 Å². The molecule has 0 unspecified atom stereocenters. The molecular formula is C16H8ClF3N2. The molecule has 3 aromatic rings. The van der Waals surface area contributed by atoms with Crippen molar-refractivity contribution in [3.8, 4) is 23.5 Å². The number of nitrogens with zero attached hydrogens (tertiary/aromatic N) is 2. The maximum atomic E-state index is 13.3. The van der Waals surface area contributed by atoms with E-state index in [4.69, 9.17) is 18.0 Å². The third-order valence-corrected chi connectivity index (χ3v) is 3.49. The number of benzene rings is 1. The van der Waals surface area contributed by atoms with Crippen LogP contribution in [-0.2, 0) is 6.18 Å². The van der Waals surface area contributed by atoms with Crippen LogP contribution in [0.3, 0.4) is 0 Å². The summed E-state index contributed by atoms with van der Waals surface area (Å²) >= 11 is 5.81. The van der Waals surface area contributed by atoms with E-state index in [1.54, 1.807) is 30.3 Å². The number of hydrogen-bond acceptors (Lipinski definition) is 1. The van der Waals surface area contributed by atoms with Crippen LogP contribution in [0.25, 0.3) is 16.6 Å². The van der Waals surface area contributed by atoms with E-state index in [1.807, 2.05) is 0 Å². The van der Waals surface area contributed by atoms with Gasteiger partial charge in [0.2, 0.25) is 0 Å². The van der Waals surface area contributed by atoms with Crippen LogP contribution in [0.2, 0.25) is 5.02 Å². The highest BCUT2D eigenvalue weighted by atomic mass is 35.5. The third kappa shape index (κ3) is 2.42. The first kappa shape index (κ1) is 14.5. The molecule has 22 heavy (non-hydrogen) atoms. The Bertz CT molecular complexity index is 887. The molecule has 0 aliphatic heterocycles. The molecule has 0 N–H and O–H groups in total. The summed E-state index contributed by atoms with van der Waals surface area (Å²) in [4.78, 5) is 0. The number of halogens is 4. The molecule has 0 saturated carbocycles. The normalized spacial score (nSPS) is 11.6. The molecule has 0 aliphatic rings. The summed E-state index contributed by atoms with van der Waals surface area (Å²) in [5.74, 6) is 2.34. The lowest BCUT2D eigenvalue weighted by atomic mass is 10.0. The monoisotopic (exact) mass is 320 g/mol. The zero-order valence-electron chi connectivity index (χ0n) is 11.0. The van der Waals surface area contributed by atoms with Gasteiger partial charge in [0.1, 0.15) is 5.69 Å². The minimum Gasteiger partial charge on any atom is -0.227 e. The first-order valence-electron chi connectivity index (χ1n) is 6.21. The van der Waals surface area contributed by atoms with Crippen LogP contribution in [0.4, 0.5) is 13.2 Å². The van der Waals surface area contributed by atoms with Gasteiger partial charge < -0.3 is 0 Å². The predicted molar refractivity (Wildman–Crippen MR) is 78.6 cm³/mol. The number of aromatic nitrogens is 2. The lowest BCUT2D eigenvalue weighted by Crippen LogP contribution is -2.12. The Morgan fingerprint density at radius 1 is 1.09 bits per heavy atom. The fraction of sp³-hybridized carbons (Fsp3) is 0.0625. The maximum Gasteiger partial charge on any atom is 0.433 e. The van der Waals surface area contributed by atoms with Crippen molar-refractivity contribution in [1.29, 1.82) is 0 Å². The SMILES string of the molecule is C#Cc1cnn2c(C(F)(F)F)cc(-c3ccc(Cl)cc3)cc12. The second-order valence-corrected chi connectivity index (χ2v) is 5.07. The number of alkyl halides is 3. The van der Waals surface area contributed by atoms with E-state index < -0.39 is 11.9 Å². The number of hydrogen-bond donors (Lipinski definition) is 0. The Morgan fingerprint density at radius 2 is 1.77 bits per heavy atom. The van der Waals surface area contributed by atoms with Gasteiger partial charge in [0.15, 0.2) is 0 Å². The highest BCUT2D eigenvalue weighted by Gasteiger charge is 2.35. The van der Waals surface area contributed by atoms with Gasteiger partial charge in [-0.15, -0.1) is 6.42 Å². The zero-order valence-corrected chi connectivity index (χ0v) is 11.8. The van der Waals surface area contributed by atoms with E-state index in [0.717, 1.165) is 10.6 Å². The van der Waals surface area contributed by atoms with Gasteiger partial charge in [-0.05, 0) is 35.4 Å². The molecule has 0 spiro atoms. The van der Waals surface area contributed by atoms with Crippen LogP contribution >= 0.6 is 11.6 Å². The smallest absolute Gasteiger partial charge is 0.227 e. The van der Waals surface area contributed by atoms with Crippen LogP contribution < -0.4 is 0 Å². The summed E-state index contributed by atoms with van der Waals surface area (Å²) in [6.07, 6.45) is 2.03. The largest absolute Gasteiger partial charge is 0.433 e. The Kier molecular flexibility index (Phi) is 3.34. The Balaban J connectivity index is 2.32. The molecule has 0 bridgehead atoms. The van der Waals surface area contributed by atoms with Crippen molar-refractivity contribution < 1.29 is 13.2 Å². The fourth-order valence-corrected chi connectivity index (χ4v) is 2.33. The van der Waals surface area contributed by atoms with Crippen molar-refractivity contribution in [2.75, 3.05) is 0 Å². The molecule has 0 amide bonds. The minimum atomic E-state index is -4.54. The summed E-state index contributed by atoms with van der Waals surface area (Å²) < 4.78 is 40.6. The van der Waals surface area contributed by atoms with E-state index in [9.17, 15) is 13.2 Å². The number of pyridine rings is 1. The van der Waals surface area contributed by atoms with Gasteiger partial charge in [-0.1, -0.05) is 29.7 Å². The van der Waals surface area contributed by atoms with Crippen molar-refractivity contribution in [3.05, 3.63) is 58.9 Å². The maximum absolute atomic E-state index is 13.3. The Labute approximate surface area is 129 Å². The quantitative estimate of drug-likeness (QED) is 0.596. The molecule has 2 aromatic heterocycles. The van der Waals surface area contributed by atoms with E-state index in [0.29, 0.717) is 21.7 Å². The van der Waals surface area contributed by atoms with Crippen molar-refractivity contribution in [2.24, 2.45) is 0 Å². The molecule has 0 fully saturated rings. The van der Waals surface area contributed by atoms with Crippen molar-refractivity contribution in [3.63, 3.8) is 0 Å². The predicted octanol–water partition coefficient (Wildman–Crippen LogP) is 4.65. The molecule has 0 atom stereocenters. The molecule has 0 saturated heterocycles. The zero-order chi connectivity index (χ0) is 15.9. The second-order valence-electron chi connectivity index (χ2n) is 4.63. The fourth-order valence-electron chi connectivity index (χ4n) is 2.21. The molecule has 1 aromatic carbocycles. The average Bonchev–Trinajstić information content (AvgIpc) is 2.88. The van der Waals surface area contributed by atoms with Crippen LogP contribution in [0.15, 0.2) is 42.6 Å². The number of terminal acetylenes is 1. The van der Waals surface area contributed by atoms with Crippen molar-refractivity contribution in [2.45, 2.75) is 6.18 Å². The molecule has 6 heteroatoms. The van der Waals surface area contributed by atoms with Gasteiger partial charge in [-0.2, -0.15) is 18.3 Å². The van der Waals surface area contributed by atoms with Gasteiger partial charge >= 0.3 is 6.18 Å². The highest BCUT2D eigenvalue weighted by molar-refractivity contribution is 6.30. The number of fused-ring (bicyclic) bond motifs is 1. The van der Waals surface area contributed by atoms with Crippen molar-refractivity contribution in [1.82, 2.24) is 9.61 Å². The van der Waals surface area contributed by atoms with Gasteiger partial charge in [0, 0.05) is 5.02 Å². The first-order valence-corrected chi connectivity index (χ1v) is 6.59. The molecule has 0 radical (unpaired) electrons. The first-order chi connectivity index (χ1) is 10.4. The summed E-state index contributed by atoms with van der Waals surface area (Å²) in [6, 6.07) is 9.17. The minimum absolute atomic E-state index is 0.238. The van der Waals surface area contributed by atoms with Crippen LogP contribution in [0, 0.1) is 12.3 Å². The van der Waals surface area contributed by atoms with E-state index in [1.165, 1.54) is 6.20 Å². The Morgan fingerprint density at radius 3 is 2.36 bits per heavy atom. The second kappa shape index (κ2) is 5.08. The summed E-state index contributed by atoms with van der Waals surface area (Å²) in [7, 11) is 0. The summed E-state index contributed by atoms with van der Waals surface area (Å²) in [6.45, 7) is 0. The third-order valence-electron chi connectivity index (χ3n) is 3.24. The van der Waals surface area contributed by atoms with Gasteiger partial charge in [-0.3, -0.25) is 0 Å².